The van der Waals surface area contributed by atoms with Crippen molar-refractivity contribution in [3.8, 4) is 0 Å². The maximum atomic E-state index is 14.0. The second kappa shape index (κ2) is 13.1. The molecule has 1 fully saturated rings. The molecule has 3 aromatic rings. The number of carbonyl (C=O) groups is 2. The third-order valence-corrected chi connectivity index (χ3v) is 7.35. The molecule has 0 heterocycles. The Kier molecular flexibility index (Phi) is 9.32. The average molecular weight is 483 g/mol. The van der Waals surface area contributed by atoms with Crippen molar-refractivity contribution < 1.29 is 9.59 Å². The minimum Gasteiger partial charge on any atom is -0.352 e. The van der Waals surface area contributed by atoms with Gasteiger partial charge in [-0.25, -0.2) is 0 Å². The van der Waals surface area contributed by atoms with Crippen molar-refractivity contribution in [2.24, 2.45) is 0 Å². The fourth-order valence-corrected chi connectivity index (χ4v) is 5.35. The van der Waals surface area contributed by atoms with E-state index in [1.165, 1.54) is 5.56 Å². The van der Waals surface area contributed by atoms with Crippen LogP contribution in [0.15, 0.2) is 91.0 Å². The van der Waals surface area contributed by atoms with Crippen LogP contribution in [0.4, 0.5) is 0 Å². The SMILES string of the molecule is CC[C@@H](C(=O)NC1CCCC1)N(CCc1ccccc1)C(=O)CC(c1ccccc1)c1ccccc1. The van der Waals surface area contributed by atoms with Crippen molar-refractivity contribution >= 4 is 11.8 Å². The lowest BCUT2D eigenvalue weighted by Crippen LogP contribution is -2.52. The number of nitrogens with one attached hydrogen (secondary N) is 1. The monoisotopic (exact) mass is 482 g/mol. The zero-order valence-electron chi connectivity index (χ0n) is 21.3. The molecule has 0 radical (unpaired) electrons. The Balaban J connectivity index is 1.58. The minimum absolute atomic E-state index is 0.0122. The summed E-state index contributed by atoms with van der Waals surface area (Å²) in [6.45, 7) is 2.53. The first-order chi connectivity index (χ1) is 17.7. The molecule has 1 aliphatic carbocycles. The molecule has 3 aromatic carbocycles. The van der Waals surface area contributed by atoms with Gasteiger partial charge in [0.25, 0.3) is 0 Å². The van der Waals surface area contributed by atoms with E-state index in [-0.39, 0.29) is 23.8 Å². The van der Waals surface area contributed by atoms with Gasteiger partial charge >= 0.3 is 0 Å². The predicted molar refractivity (Wildman–Crippen MR) is 146 cm³/mol. The first-order valence-electron chi connectivity index (χ1n) is 13.4. The van der Waals surface area contributed by atoms with Crippen LogP contribution in [0, 0.1) is 0 Å². The number of amides is 2. The van der Waals surface area contributed by atoms with E-state index in [1.807, 2.05) is 66.4 Å². The first kappa shape index (κ1) is 25.7. The summed E-state index contributed by atoms with van der Waals surface area (Å²) >= 11 is 0. The molecule has 0 saturated heterocycles. The van der Waals surface area contributed by atoms with Crippen LogP contribution in [0.3, 0.4) is 0 Å². The van der Waals surface area contributed by atoms with E-state index in [9.17, 15) is 9.59 Å². The zero-order chi connectivity index (χ0) is 25.2. The maximum Gasteiger partial charge on any atom is 0.243 e. The van der Waals surface area contributed by atoms with Crippen LogP contribution in [0.5, 0.6) is 0 Å². The summed E-state index contributed by atoms with van der Waals surface area (Å²) in [6.07, 6.45) is 6.04. The number of nitrogens with zero attached hydrogens (tertiary/aromatic N) is 1. The standard InChI is InChI=1S/C32H38N2O2/c1-2-30(32(36)33-28-20-12-13-21-28)34(23-22-25-14-6-3-7-15-25)31(35)24-29(26-16-8-4-9-17-26)27-18-10-5-11-19-27/h3-11,14-19,28-30H,2,12-13,20-24H2,1H3,(H,33,36)/t30-/m0/s1. The van der Waals surface area contributed by atoms with Crippen molar-refractivity contribution in [2.75, 3.05) is 6.54 Å². The topological polar surface area (TPSA) is 49.4 Å². The second-order valence-corrected chi connectivity index (χ2v) is 9.81. The molecule has 188 valence electrons. The molecule has 4 rings (SSSR count). The summed E-state index contributed by atoms with van der Waals surface area (Å²) in [7, 11) is 0. The van der Waals surface area contributed by atoms with Gasteiger partial charge < -0.3 is 10.2 Å². The number of hydrogen-bond acceptors (Lipinski definition) is 2. The maximum absolute atomic E-state index is 14.0. The van der Waals surface area contributed by atoms with Crippen LogP contribution in [0.1, 0.15) is 68.1 Å². The van der Waals surface area contributed by atoms with E-state index >= 15 is 0 Å². The molecular weight excluding hydrogens is 444 g/mol. The summed E-state index contributed by atoms with van der Waals surface area (Å²) in [5.41, 5.74) is 3.40. The van der Waals surface area contributed by atoms with E-state index < -0.39 is 6.04 Å². The zero-order valence-corrected chi connectivity index (χ0v) is 21.3. The fourth-order valence-electron chi connectivity index (χ4n) is 5.35. The van der Waals surface area contributed by atoms with Gasteiger partial charge in [-0.3, -0.25) is 9.59 Å². The predicted octanol–water partition coefficient (Wildman–Crippen LogP) is 6.12. The molecule has 1 saturated carbocycles. The summed E-state index contributed by atoms with van der Waals surface area (Å²) in [4.78, 5) is 29.3. The highest BCUT2D eigenvalue weighted by atomic mass is 16.2. The van der Waals surface area contributed by atoms with Gasteiger partial charge in [-0.15, -0.1) is 0 Å². The lowest BCUT2D eigenvalue weighted by molar-refractivity contribution is -0.141. The molecule has 0 unspecified atom stereocenters. The quantitative estimate of drug-likeness (QED) is 0.358. The van der Waals surface area contributed by atoms with Crippen LogP contribution in [-0.4, -0.2) is 35.3 Å². The van der Waals surface area contributed by atoms with Crippen LogP contribution >= 0.6 is 0 Å². The Hall–Kier alpha value is -3.40. The molecule has 1 aliphatic rings. The van der Waals surface area contributed by atoms with Crippen molar-refractivity contribution in [3.63, 3.8) is 0 Å². The minimum atomic E-state index is -0.464. The molecule has 0 spiro atoms. The summed E-state index contributed by atoms with van der Waals surface area (Å²) in [6, 6.07) is 30.4. The largest absolute Gasteiger partial charge is 0.352 e. The van der Waals surface area contributed by atoms with E-state index in [4.69, 9.17) is 0 Å². The highest BCUT2D eigenvalue weighted by Gasteiger charge is 2.32. The summed E-state index contributed by atoms with van der Waals surface area (Å²) in [5.74, 6) is -0.0478. The number of rotatable bonds is 11. The van der Waals surface area contributed by atoms with E-state index in [0.717, 1.165) is 43.2 Å². The molecule has 4 heteroatoms. The molecule has 2 amide bonds. The van der Waals surface area contributed by atoms with Crippen LogP contribution in [-0.2, 0) is 16.0 Å². The van der Waals surface area contributed by atoms with Gasteiger partial charge in [0.2, 0.25) is 11.8 Å². The van der Waals surface area contributed by atoms with Crippen molar-refractivity contribution in [3.05, 3.63) is 108 Å². The molecule has 1 N–H and O–H groups in total. The van der Waals surface area contributed by atoms with Crippen LogP contribution in [0.25, 0.3) is 0 Å². The summed E-state index contributed by atoms with van der Waals surface area (Å²) in [5, 5.41) is 3.25. The Morgan fingerprint density at radius 3 is 1.89 bits per heavy atom. The van der Waals surface area contributed by atoms with Gasteiger partial charge in [0, 0.05) is 24.9 Å². The fraction of sp³-hybridized carbons (Fsp3) is 0.375. The van der Waals surface area contributed by atoms with Crippen LogP contribution < -0.4 is 5.32 Å². The van der Waals surface area contributed by atoms with E-state index in [1.54, 1.807) is 0 Å². The van der Waals surface area contributed by atoms with Gasteiger partial charge in [-0.05, 0) is 42.4 Å². The summed E-state index contributed by atoms with van der Waals surface area (Å²) < 4.78 is 0. The normalized spacial score (nSPS) is 14.5. The Morgan fingerprint density at radius 2 is 1.36 bits per heavy atom. The molecular formula is C32H38N2O2. The van der Waals surface area contributed by atoms with Gasteiger partial charge in [-0.2, -0.15) is 0 Å². The van der Waals surface area contributed by atoms with Gasteiger partial charge in [0.05, 0.1) is 0 Å². The number of hydrogen-bond donors (Lipinski definition) is 1. The number of benzene rings is 3. The van der Waals surface area contributed by atoms with E-state index in [0.29, 0.717) is 19.4 Å². The van der Waals surface area contributed by atoms with Crippen LogP contribution in [0.2, 0.25) is 0 Å². The number of carbonyl (C=O) groups excluding carboxylic acids is 2. The molecule has 1 atom stereocenters. The highest BCUT2D eigenvalue weighted by Crippen LogP contribution is 2.29. The lowest BCUT2D eigenvalue weighted by Gasteiger charge is -2.33. The second-order valence-electron chi connectivity index (χ2n) is 9.81. The Morgan fingerprint density at radius 1 is 0.833 bits per heavy atom. The smallest absolute Gasteiger partial charge is 0.243 e. The first-order valence-corrected chi connectivity index (χ1v) is 13.4. The van der Waals surface area contributed by atoms with Crippen molar-refractivity contribution in [1.82, 2.24) is 10.2 Å². The molecule has 4 nitrogen and oxygen atoms in total. The molecule has 0 aromatic heterocycles. The third kappa shape index (κ3) is 6.84. The highest BCUT2D eigenvalue weighted by molar-refractivity contribution is 5.88. The van der Waals surface area contributed by atoms with Crippen molar-refractivity contribution in [1.29, 1.82) is 0 Å². The average Bonchev–Trinajstić information content (AvgIpc) is 3.44. The third-order valence-electron chi connectivity index (χ3n) is 7.35. The van der Waals surface area contributed by atoms with Crippen molar-refractivity contribution in [2.45, 2.75) is 69.9 Å². The Labute approximate surface area is 215 Å². The molecule has 0 aliphatic heterocycles. The lowest BCUT2D eigenvalue weighted by atomic mass is 9.88. The van der Waals surface area contributed by atoms with Gasteiger partial charge in [0.1, 0.15) is 6.04 Å². The Bertz CT molecular complexity index is 1040. The molecule has 36 heavy (non-hydrogen) atoms. The van der Waals surface area contributed by atoms with Gasteiger partial charge in [-0.1, -0.05) is 111 Å². The molecule has 0 bridgehead atoms. The van der Waals surface area contributed by atoms with E-state index in [2.05, 4.69) is 41.7 Å². The van der Waals surface area contributed by atoms with Gasteiger partial charge in [0.15, 0.2) is 0 Å².